The van der Waals surface area contributed by atoms with Crippen molar-refractivity contribution < 1.29 is 0 Å². The zero-order valence-electron chi connectivity index (χ0n) is 7.83. The maximum atomic E-state index is 5.82. The number of hydrogen-bond acceptors (Lipinski definition) is 2. The number of thiazole rings is 1. The molecule has 2 aromatic rings. The van der Waals surface area contributed by atoms with Crippen LogP contribution in [0.2, 0.25) is 5.02 Å². The van der Waals surface area contributed by atoms with Gasteiger partial charge in [-0.25, -0.2) is 4.98 Å². The summed E-state index contributed by atoms with van der Waals surface area (Å²) in [6, 6.07) is 7.86. The molecular formula is C11H10ClNS. The number of aromatic nitrogens is 1. The lowest BCUT2D eigenvalue weighted by atomic mass is 10.2. The van der Waals surface area contributed by atoms with Gasteiger partial charge in [0.15, 0.2) is 0 Å². The van der Waals surface area contributed by atoms with Crippen molar-refractivity contribution in [3.8, 4) is 10.4 Å². The zero-order chi connectivity index (χ0) is 9.97. The number of nitrogens with zero attached hydrogens (tertiary/aromatic N) is 1. The summed E-state index contributed by atoms with van der Waals surface area (Å²) >= 11 is 7.56. The van der Waals surface area contributed by atoms with Crippen LogP contribution in [-0.2, 0) is 6.42 Å². The summed E-state index contributed by atoms with van der Waals surface area (Å²) in [5, 5.41) is 1.95. The first kappa shape index (κ1) is 9.69. The van der Waals surface area contributed by atoms with Crippen molar-refractivity contribution in [3.63, 3.8) is 0 Å². The Morgan fingerprint density at radius 2 is 2.00 bits per heavy atom. The Morgan fingerprint density at radius 3 is 2.57 bits per heavy atom. The van der Waals surface area contributed by atoms with Gasteiger partial charge in [0.2, 0.25) is 0 Å². The van der Waals surface area contributed by atoms with Crippen molar-refractivity contribution in [1.82, 2.24) is 4.98 Å². The van der Waals surface area contributed by atoms with Crippen LogP contribution in [0.3, 0.4) is 0 Å². The number of hydrogen-bond donors (Lipinski definition) is 0. The first-order valence-corrected chi connectivity index (χ1v) is 5.69. The normalized spacial score (nSPS) is 10.4. The van der Waals surface area contributed by atoms with Gasteiger partial charge in [-0.2, -0.15) is 0 Å². The smallest absolute Gasteiger partial charge is 0.0928 e. The van der Waals surface area contributed by atoms with E-state index in [-0.39, 0.29) is 0 Å². The lowest BCUT2D eigenvalue weighted by Gasteiger charge is -1.95. The molecule has 0 N–H and O–H groups in total. The van der Waals surface area contributed by atoms with E-state index in [1.807, 2.05) is 30.5 Å². The van der Waals surface area contributed by atoms with Gasteiger partial charge in [0.05, 0.1) is 9.88 Å². The highest BCUT2D eigenvalue weighted by Gasteiger charge is 2.02. The average Bonchev–Trinajstić information content (AvgIpc) is 2.67. The molecule has 3 heteroatoms. The predicted molar refractivity (Wildman–Crippen MR) is 61.9 cm³/mol. The minimum atomic E-state index is 0.772. The highest BCUT2D eigenvalue weighted by atomic mass is 35.5. The van der Waals surface area contributed by atoms with Crippen LogP contribution in [0.5, 0.6) is 0 Å². The van der Waals surface area contributed by atoms with E-state index < -0.39 is 0 Å². The van der Waals surface area contributed by atoms with Crippen LogP contribution >= 0.6 is 22.9 Å². The van der Waals surface area contributed by atoms with Crippen LogP contribution in [0.15, 0.2) is 30.5 Å². The molecule has 0 fully saturated rings. The highest BCUT2D eigenvalue weighted by Crippen LogP contribution is 2.27. The summed E-state index contributed by atoms with van der Waals surface area (Å²) in [4.78, 5) is 5.53. The van der Waals surface area contributed by atoms with Crippen molar-refractivity contribution in [3.05, 3.63) is 40.5 Å². The minimum absolute atomic E-state index is 0.772. The van der Waals surface area contributed by atoms with E-state index in [0.29, 0.717) is 0 Å². The molecule has 14 heavy (non-hydrogen) atoms. The fourth-order valence-electron chi connectivity index (χ4n) is 1.22. The number of aryl methyl sites for hydroxylation is 1. The average molecular weight is 224 g/mol. The molecule has 0 radical (unpaired) electrons. The van der Waals surface area contributed by atoms with Crippen molar-refractivity contribution in [2.45, 2.75) is 13.3 Å². The minimum Gasteiger partial charge on any atom is -0.249 e. The van der Waals surface area contributed by atoms with Crippen LogP contribution in [0.4, 0.5) is 0 Å². The first-order valence-electron chi connectivity index (χ1n) is 4.50. The van der Waals surface area contributed by atoms with Crippen molar-refractivity contribution in [2.75, 3.05) is 0 Å². The lowest BCUT2D eigenvalue weighted by molar-refractivity contribution is 1.09. The number of benzene rings is 1. The van der Waals surface area contributed by atoms with Gasteiger partial charge < -0.3 is 0 Å². The van der Waals surface area contributed by atoms with Gasteiger partial charge in [-0.1, -0.05) is 30.7 Å². The third-order valence-corrected chi connectivity index (χ3v) is 3.43. The van der Waals surface area contributed by atoms with Crippen molar-refractivity contribution in [2.24, 2.45) is 0 Å². The summed E-state index contributed by atoms with van der Waals surface area (Å²) in [5.41, 5.74) is 1.19. The molecule has 2 rings (SSSR count). The molecular weight excluding hydrogens is 214 g/mol. The van der Waals surface area contributed by atoms with E-state index in [2.05, 4.69) is 11.9 Å². The van der Waals surface area contributed by atoms with Crippen molar-refractivity contribution >= 4 is 22.9 Å². The van der Waals surface area contributed by atoms with E-state index in [0.717, 1.165) is 11.4 Å². The molecule has 0 saturated carbocycles. The van der Waals surface area contributed by atoms with Gasteiger partial charge in [-0.15, -0.1) is 11.3 Å². The summed E-state index contributed by atoms with van der Waals surface area (Å²) in [5.74, 6) is 0. The maximum absolute atomic E-state index is 5.82. The highest BCUT2D eigenvalue weighted by molar-refractivity contribution is 7.15. The lowest BCUT2D eigenvalue weighted by Crippen LogP contribution is -1.70. The summed E-state index contributed by atoms with van der Waals surface area (Å²) in [6.45, 7) is 2.12. The molecule has 0 aliphatic heterocycles. The molecule has 0 unspecified atom stereocenters. The Kier molecular flexibility index (Phi) is 2.85. The summed E-state index contributed by atoms with van der Waals surface area (Å²) in [7, 11) is 0. The van der Waals surface area contributed by atoms with Gasteiger partial charge in [-0.3, -0.25) is 0 Å². The van der Waals surface area contributed by atoms with E-state index >= 15 is 0 Å². The Hall–Kier alpha value is -0.860. The SMILES string of the molecule is CCc1ncc(-c2ccc(Cl)cc2)s1. The molecule has 0 amide bonds. The van der Waals surface area contributed by atoms with Gasteiger partial charge >= 0.3 is 0 Å². The molecule has 1 aromatic carbocycles. The van der Waals surface area contributed by atoms with Crippen LogP contribution < -0.4 is 0 Å². The Balaban J connectivity index is 2.34. The molecule has 0 atom stereocenters. The number of rotatable bonds is 2. The van der Waals surface area contributed by atoms with Crippen molar-refractivity contribution in [1.29, 1.82) is 0 Å². The van der Waals surface area contributed by atoms with Gasteiger partial charge in [0, 0.05) is 11.2 Å². The second kappa shape index (κ2) is 4.11. The number of halogens is 1. The predicted octanol–water partition coefficient (Wildman–Crippen LogP) is 4.03. The standard InChI is InChI=1S/C11H10ClNS/c1-2-11-13-7-10(14-11)8-3-5-9(12)6-4-8/h3-7H,2H2,1H3. The molecule has 1 nitrogen and oxygen atoms in total. The molecule has 1 heterocycles. The van der Waals surface area contributed by atoms with E-state index in [1.54, 1.807) is 11.3 Å². The van der Waals surface area contributed by atoms with Crippen LogP contribution in [-0.4, -0.2) is 4.98 Å². The third-order valence-electron chi connectivity index (χ3n) is 1.98. The van der Waals surface area contributed by atoms with E-state index in [1.165, 1.54) is 15.4 Å². The fraction of sp³-hybridized carbons (Fsp3) is 0.182. The fourth-order valence-corrected chi connectivity index (χ4v) is 2.21. The second-order valence-corrected chi connectivity index (χ2v) is 4.53. The molecule has 1 aromatic heterocycles. The van der Waals surface area contributed by atoms with Crippen LogP contribution in [0, 0.1) is 0 Å². The molecule has 72 valence electrons. The largest absolute Gasteiger partial charge is 0.249 e. The topological polar surface area (TPSA) is 12.9 Å². The van der Waals surface area contributed by atoms with Gasteiger partial charge in [0.25, 0.3) is 0 Å². The Morgan fingerprint density at radius 1 is 1.29 bits per heavy atom. The zero-order valence-corrected chi connectivity index (χ0v) is 9.40. The molecule has 0 aliphatic carbocycles. The van der Waals surface area contributed by atoms with Crippen LogP contribution in [0.25, 0.3) is 10.4 Å². The van der Waals surface area contributed by atoms with Crippen LogP contribution in [0.1, 0.15) is 11.9 Å². The van der Waals surface area contributed by atoms with Gasteiger partial charge in [-0.05, 0) is 24.1 Å². The molecule has 0 aliphatic rings. The quantitative estimate of drug-likeness (QED) is 0.749. The molecule has 0 saturated heterocycles. The van der Waals surface area contributed by atoms with E-state index in [9.17, 15) is 0 Å². The third kappa shape index (κ3) is 1.97. The van der Waals surface area contributed by atoms with E-state index in [4.69, 9.17) is 11.6 Å². The monoisotopic (exact) mass is 223 g/mol. The first-order chi connectivity index (χ1) is 6.79. The molecule has 0 spiro atoms. The molecule has 0 bridgehead atoms. The Bertz CT molecular complexity index is 419. The summed E-state index contributed by atoms with van der Waals surface area (Å²) in [6.07, 6.45) is 2.92. The summed E-state index contributed by atoms with van der Waals surface area (Å²) < 4.78 is 0. The maximum Gasteiger partial charge on any atom is 0.0928 e. The second-order valence-electron chi connectivity index (χ2n) is 2.98. The van der Waals surface area contributed by atoms with Gasteiger partial charge in [0.1, 0.15) is 0 Å². The Labute approximate surface area is 92.4 Å².